The van der Waals surface area contributed by atoms with E-state index >= 15 is 0 Å². The van der Waals surface area contributed by atoms with Crippen LogP contribution in [0, 0.1) is 11.3 Å². The molecule has 110 valence electrons. The van der Waals surface area contributed by atoms with Crippen LogP contribution in [0.15, 0.2) is 48.5 Å². The second-order valence-corrected chi connectivity index (χ2v) is 4.63. The van der Waals surface area contributed by atoms with Gasteiger partial charge < -0.3 is 10.6 Å². The molecule has 5 heteroatoms. The standard InChI is InChI=1S/C17H15N3O2/c1-2-16(21)19-14-4-3-5-15(10-14)20-17(22)13-8-6-12(11-18)7-9-13/h3-10H,2H2,1H3,(H,19,21)(H,20,22). The molecule has 0 aliphatic carbocycles. The first-order valence-corrected chi connectivity index (χ1v) is 6.84. The van der Waals surface area contributed by atoms with E-state index < -0.39 is 0 Å². The van der Waals surface area contributed by atoms with Gasteiger partial charge in [-0.2, -0.15) is 5.26 Å². The molecule has 0 spiro atoms. The van der Waals surface area contributed by atoms with Crippen LogP contribution in [-0.4, -0.2) is 11.8 Å². The van der Waals surface area contributed by atoms with Gasteiger partial charge in [0.1, 0.15) is 0 Å². The molecule has 5 nitrogen and oxygen atoms in total. The van der Waals surface area contributed by atoms with Crippen LogP contribution in [0.4, 0.5) is 11.4 Å². The highest BCUT2D eigenvalue weighted by molar-refractivity contribution is 6.04. The van der Waals surface area contributed by atoms with E-state index in [2.05, 4.69) is 10.6 Å². The molecule has 22 heavy (non-hydrogen) atoms. The Balaban J connectivity index is 2.09. The molecule has 0 saturated heterocycles. The van der Waals surface area contributed by atoms with Crippen molar-refractivity contribution in [1.29, 1.82) is 5.26 Å². The molecule has 0 heterocycles. The molecule has 2 aromatic rings. The topological polar surface area (TPSA) is 82.0 Å². The van der Waals surface area contributed by atoms with Crippen LogP contribution >= 0.6 is 0 Å². The normalized spacial score (nSPS) is 9.64. The van der Waals surface area contributed by atoms with Crippen LogP contribution in [-0.2, 0) is 4.79 Å². The molecule has 0 fully saturated rings. The van der Waals surface area contributed by atoms with Crippen molar-refractivity contribution in [3.05, 3.63) is 59.7 Å². The highest BCUT2D eigenvalue weighted by Gasteiger charge is 2.07. The third-order valence-corrected chi connectivity index (χ3v) is 3.00. The zero-order valence-corrected chi connectivity index (χ0v) is 12.1. The van der Waals surface area contributed by atoms with E-state index in [1.807, 2.05) is 6.07 Å². The maximum Gasteiger partial charge on any atom is 0.255 e. The average molecular weight is 293 g/mol. The number of rotatable bonds is 4. The van der Waals surface area contributed by atoms with Crippen molar-refractivity contribution < 1.29 is 9.59 Å². The summed E-state index contributed by atoms with van der Waals surface area (Å²) in [7, 11) is 0. The summed E-state index contributed by atoms with van der Waals surface area (Å²) in [5.74, 6) is -0.362. The minimum absolute atomic E-state index is 0.0874. The quantitative estimate of drug-likeness (QED) is 0.908. The van der Waals surface area contributed by atoms with E-state index in [0.717, 1.165) is 0 Å². The zero-order chi connectivity index (χ0) is 15.9. The third kappa shape index (κ3) is 3.93. The Bertz CT molecular complexity index is 730. The Labute approximate surface area is 128 Å². The van der Waals surface area contributed by atoms with E-state index in [-0.39, 0.29) is 11.8 Å². The van der Waals surface area contributed by atoms with Crippen LogP contribution < -0.4 is 10.6 Å². The van der Waals surface area contributed by atoms with Crippen LogP contribution in [0.2, 0.25) is 0 Å². The molecular weight excluding hydrogens is 278 g/mol. The molecule has 0 unspecified atom stereocenters. The van der Waals surface area contributed by atoms with E-state index in [4.69, 9.17) is 5.26 Å². The lowest BCUT2D eigenvalue weighted by molar-refractivity contribution is -0.115. The number of carbonyl (C=O) groups excluding carboxylic acids is 2. The molecule has 0 aromatic heterocycles. The molecule has 0 aliphatic heterocycles. The number of amides is 2. The van der Waals surface area contributed by atoms with Crippen molar-refractivity contribution in [1.82, 2.24) is 0 Å². The van der Waals surface area contributed by atoms with Gasteiger partial charge >= 0.3 is 0 Å². The summed E-state index contributed by atoms with van der Waals surface area (Å²) in [6, 6.07) is 15.3. The average Bonchev–Trinajstić information content (AvgIpc) is 2.55. The van der Waals surface area contributed by atoms with Crippen molar-refractivity contribution in [3.8, 4) is 6.07 Å². The Morgan fingerprint density at radius 1 is 1.05 bits per heavy atom. The van der Waals surface area contributed by atoms with Gasteiger partial charge in [-0.1, -0.05) is 13.0 Å². The Kier molecular flexibility index (Phi) is 4.89. The molecule has 0 saturated carbocycles. The summed E-state index contributed by atoms with van der Waals surface area (Å²) in [5.41, 5.74) is 2.18. The number of carbonyl (C=O) groups is 2. The van der Waals surface area contributed by atoms with Crippen LogP contribution in [0.25, 0.3) is 0 Å². The van der Waals surface area contributed by atoms with Gasteiger partial charge in [0.25, 0.3) is 5.91 Å². The van der Waals surface area contributed by atoms with Crippen molar-refractivity contribution in [2.75, 3.05) is 10.6 Å². The lowest BCUT2D eigenvalue weighted by Gasteiger charge is -2.08. The van der Waals surface area contributed by atoms with Crippen LogP contribution in [0.1, 0.15) is 29.3 Å². The van der Waals surface area contributed by atoms with Gasteiger partial charge in [-0.25, -0.2) is 0 Å². The molecule has 2 rings (SSSR count). The highest BCUT2D eigenvalue weighted by atomic mass is 16.2. The van der Waals surface area contributed by atoms with Crippen molar-refractivity contribution >= 4 is 23.2 Å². The van der Waals surface area contributed by atoms with Gasteiger partial charge in [0.05, 0.1) is 11.6 Å². The SMILES string of the molecule is CCC(=O)Nc1cccc(NC(=O)c2ccc(C#N)cc2)c1. The van der Waals surface area contributed by atoms with E-state index in [9.17, 15) is 9.59 Å². The molecule has 0 radical (unpaired) electrons. The summed E-state index contributed by atoms with van der Waals surface area (Å²) < 4.78 is 0. The Morgan fingerprint density at radius 3 is 2.27 bits per heavy atom. The van der Waals surface area contributed by atoms with Crippen molar-refractivity contribution in [2.24, 2.45) is 0 Å². The predicted molar refractivity (Wildman–Crippen MR) is 84.5 cm³/mol. The molecular formula is C17H15N3O2. The number of anilines is 2. The van der Waals surface area contributed by atoms with Gasteiger partial charge in [-0.3, -0.25) is 9.59 Å². The maximum absolute atomic E-state index is 12.1. The fourth-order valence-corrected chi connectivity index (χ4v) is 1.82. The van der Waals surface area contributed by atoms with Crippen molar-refractivity contribution in [2.45, 2.75) is 13.3 Å². The van der Waals surface area contributed by atoms with E-state index in [1.54, 1.807) is 55.5 Å². The number of benzene rings is 2. The lowest BCUT2D eigenvalue weighted by atomic mass is 10.1. The first-order valence-electron chi connectivity index (χ1n) is 6.84. The third-order valence-electron chi connectivity index (χ3n) is 3.00. The summed E-state index contributed by atoms with van der Waals surface area (Å²) in [4.78, 5) is 23.5. The van der Waals surface area contributed by atoms with Crippen LogP contribution in [0.3, 0.4) is 0 Å². The summed E-state index contributed by atoms with van der Waals surface area (Å²) in [6.45, 7) is 1.77. The molecule has 0 atom stereocenters. The second-order valence-electron chi connectivity index (χ2n) is 4.63. The monoisotopic (exact) mass is 293 g/mol. The van der Waals surface area contributed by atoms with Crippen LogP contribution in [0.5, 0.6) is 0 Å². The number of nitrogens with zero attached hydrogens (tertiary/aromatic N) is 1. The Morgan fingerprint density at radius 2 is 1.68 bits per heavy atom. The van der Waals surface area contributed by atoms with Gasteiger partial charge in [-0.05, 0) is 42.5 Å². The smallest absolute Gasteiger partial charge is 0.255 e. The van der Waals surface area contributed by atoms with Gasteiger partial charge in [-0.15, -0.1) is 0 Å². The molecule has 2 aromatic carbocycles. The summed E-state index contributed by atoms with van der Waals surface area (Å²) in [6.07, 6.45) is 0.391. The maximum atomic E-state index is 12.1. The number of hydrogen-bond acceptors (Lipinski definition) is 3. The first-order chi connectivity index (χ1) is 10.6. The second kappa shape index (κ2) is 7.04. The minimum atomic E-state index is -0.275. The molecule has 2 amide bonds. The van der Waals surface area contributed by atoms with E-state index in [0.29, 0.717) is 28.9 Å². The van der Waals surface area contributed by atoms with Gasteiger partial charge in [0, 0.05) is 23.4 Å². The van der Waals surface area contributed by atoms with Gasteiger partial charge in [0.15, 0.2) is 0 Å². The highest BCUT2D eigenvalue weighted by Crippen LogP contribution is 2.16. The minimum Gasteiger partial charge on any atom is -0.326 e. The fraction of sp³-hybridized carbons (Fsp3) is 0.118. The summed E-state index contributed by atoms with van der Waals surface area (Å²) in [5, 5.41) is 14.2. The number of nitriles is 1. The number of nitrogens with one attached hydrogen (secondary N) is 2. The molecule has 0 aliphatic rings. The van der Waals surface area contributed by atoms with E-state index in [1.165, 1.54) is 0 Å². The predicted octanol–water partition coefficient (Wildman–Crippen LogP) is 3.16. The lowest BCUT2D eigenvalue weighted by Crippen LogP contribution is -2.13. The number of hydrogen-bond donors (Lipinski definition) is 2. The summed E-state index contributed by atoms with van der Waals surface area (Å²) >= 11 is 0. The fourth-order valence-electron chi connectivity index (χ4n) is 1.82. The molecule has 0 bridgehead atoms. The van der Waals surface area contributed by atoms with Crippen molar-refractivity contribution in [3.63, 3.8) is 0 Å². The Hall–Kier alpha value is -3.13. The first kappa shape index (κ1) is 15.3. The molecule has 2 N–H and O–H groups in total. The van der Waals surface area contributed by atoms with Gasteiger partial charge in [0.2, 0.25) is 5.91 Å². The zero-order valence-electron chi connectivity index (χ0n) is 12.1. The largest absolute Gasteiger partial charge is 0.326 e.